The van der Waals surface area contributed by atoms with E-state index >= 15 is 0 Å². The number of piperazine rings is 1. The van der Waals surface area contributed by atoms with Gasteiger partial charge in [-0.25, -0.2) is 8.42 Å². The second kappa shape index (κ2) is 9.93. The molecule has 0 saturated carbocycles. The zero-order chi connectivity index (χ0) is 25.2. The molecular formula is C25H28N4O5S. The number of aromatic hydroxyl groups is 1. The zero-order valence-electron chi connectivity index (χ0n) is 19.6. The van der Waals surface area contributed by atoms with Crippen LogP contribution in [0.2, 0.25) is 0 Å². The number of sulfonamides is 1. The predicted molar refractivity (Wildman–Crippen MR) is 135 cm³/mol. The maximum atomic E-state index is 13.0. The number of phenolic OH excluding ortho intramolecular Hbond substituents is 1. The number of nitro groups is 1. The smallest absolute Gasteiger partial charge is 0.293 e. The van der Waals surface area contributed by atoms with E-state index in [1.165, 1.54) is 12.1 Å². The number of nitrogens with zero attached hydrogens (tertiary/aromatic N) is 3. The molecule has 0 spiro atoms. The molecule has 1 aliphatic rings. The summed E-state index contributed by atoms with van der Waals surface area (Å²) in [7, 11) is -4.00. The molecule has 3 aromatic carbocycles. The van der Waals surface area contributed by atoms with Crippen LogP contribution in [-0.2, 0) is 16.6 Å². The fraction of sp³-hybridized carbons (Fsp3) is 0.280. The third-order valence-corrected chi connectivity index (χ3v) is 7.47. The quantitative estimate of drug-likeness (QED) is 0.375. The van der Waals surface area contributed by atoms with Crippen molar-refractivity contribution >= 4 is 27.1 Å². The lowest BCUT2D eigenvalue weighted by Crippen LogP contribution is -2.46. The molecule has 0 radical (unpaired) electrons. The van der Waals surface area contributed by atoms with E-state index in [-0.39, 0.29) is 16.3 Å². The van der Waals surface area contributed by atoms with Crippen LogP contribution in [0.3, 0.4) is 0 Å². The molecule has 184 valence electrons. The minimum absolute atomic E-state index is 0.157. The van der Waals surface area contributed by atoms with Crippen LogP contribution < -0.4 is 9.62 Å². The van der Waals surface area contributed by atoms with E-state index in [9.17, 15) is 23.6 Å². The Kier molecular flexibility index (Phi) is 6.95. The minimum Gasteiger partial charge on any atom is -0.508 e. The van der Waals surface area contributed by atoms with Crippen LogP contribution in [-0.4, -0.2) is 49.5 Å². The third-order valence-electron chi connectivity index (χ3n) is 6.11. The van der Waals surface area contributed by atoms with Crippen LogP contribution in [0.5, 0.6) is 5.75 Å². The fourth-order valence-electron chi connectivity index (χ4n) is 4.28. The highest BCUT2D eigenvalue weighted by Gasteiger charge is 2.27. The first-order chi connectivity index (χ1) is 16.6. The Balaban J connectivity index is 1.50. The van der Waals surface area contributed by atoms with Crippen LogP contribution in [0.15, 0.2) is 65.6 Å². The minimum atomic E-state index is -4.00. The Hall–Kier alpha value is -3.63. The Morgan fingerprint density at radius 2 is 1.74 bits per heavy atom. The summed E-state index contributed by atoms with van der Waals surface area (Å²) in [6.45, 7) is 6.88. The average molecular weight is 497 g/mol. The number of nitro benzene ring substituents is 1. The first kappa shape index (κ1) is 24.5. The molecule has 2 N–H and O–H groups in total. The van der Waals surface area contributed by atoms with E-state index in [0.29, 0.717) is 44.1 Å². The molecule has 10 heteroatoms. The molecule has 9 nitrogen and oxygen atoms in total. The van der Waals surface area contributed by atoms with Crippen molar-refractivity contribution in [2.75, 3.05) is 35.8 Å². The normalized spacial score (nSPS) is 14.6. The lowest BCUT2D eigenvalue weighted by Gasteiger charge is -2.35. The van der Waals surface area contributed by atoms with Crippen LogP contribution in [0, 0.1) is 24.0 Å². The molecule has 0 bridgehead atoms. The molecule has 1 saturated heterocycles. The molecule has 35 heavy (non-hydrogen) atoms. The van der Waals surface area contributed by atoms with Gasteiger partial charge in [-0.05, 0) is 55.3 Å². The van der Waals surface area contributed by atoms with Gasteiger partial charge in [0.25, 0.3) is 15.7 Å². The number of nitrogens with one attached hydrogen (secondary N) is 1. The van der Waals surface area contributed by atoms with Crippen molar-refractivity contribution in [3.63, 3.8) is 0 Å². The predicted octanol–water partition coefficient (Wildman–Crippen LogP) is 4.04. The molecule has 4 rings (SSSR count). The highest BCUT2D eigenvalue weighted by Crippen LogP contribution is 2.32. The summed E-state index contributed by atoms with van der Waals surface area (Å²) < 4.78 is 28.5. The number of hydrogen-bond acceptors (Lipinski definition) is 7. The number of aryl methyl sites for hydroxylation is 2. The number of benzene rings is 3. The van der Waals surface area contributed by atoms with Crippen LogP contribution >= 0.6 is 0 Å². The van der Waals surface area contributed by atoms with E-state index in [1.54, 1.807) is 37.3 Å². The van der Waals surface area contributed by atoms with E-state index in [2.05, 4.69) is 9.62 Å². The van der Waals surface area contributed by atoms with E-state index < -0.39 is 14.9 Å². The third kappa shape index (κ3) is 5.72. The largest absolute Gasteiger partial charge is 0.508 e. The maximum absolute atomic E-state index is 13.0. The molecule has 1 fully saturated rings. The summed E-state index contributed by atoms with van der Waals surface area (Å²) in [5.74, 6) is 0.221. The van der Waals surface area contributed by atoms with Crippen LogP contribution in [0.1, 0.15) is 16.7 Å². The topological polar surface area (TPSA) is 116 Å². The van der Waals surface area contributed by atoms with Crippen LogP contribution in [0.25, 0.3) is 0 Å². The Bertz CT molecular complexity index is 1350. The van der Waals surface area contributed by atoms with E-state index in [1.807, 2.05) is 24.0 Å². The van der Waals surface area contributed by atoms with Gasteiger partial charge >= 0.3 is 0 Å². The summed E-state index contributed by atoms with van der Waals surface area (Å²) in [5, 5.41) is 21.5. The SMILES string of the molecule is Cc1ccc(NS(=O)(=O)c2ccc(N3CCN(Cc4cccc(O)c4)CC3)c([N+](=O)[O-])c2)c(C)c1. The first-order valence-corrected chi connectivity index (χ1v) is 12.7. The Morgan fingerprint density at radius 3 is 2.40 bits per heavy atom. The number of anilines is 2. The van der Waals surface area contributed by atoms with Gasteiger partial charge in [-0.15, -0.1) is 0 Å². The van der Waals surface area contributed by atoms with Gasteiger partial charge in [-0.3, -0.25) is 19.7 Å². The zero-order valence-corrected chi connectivity index (χ0v) is 20.5. The summed E-state index contributed by atoms with van der Waals surface area (Å²) >= 11 is 0. The summed E-state index contributed by atoms with van der Waals surface area (Å²) in [6, 6.07) is 16.5. The van der Waals surface area contributed by atoms with Crippen molar-refractivity contribution in [3.8, 4) is 5.75 Å². The van der Waals surface area contributed by atoms with Gasteiger partial charge in [0.2, 0.25) is 0 Å². The van der Waals surface area contributed by atoms with Crippen molar-refractivity contribution in [2.24, 2.45) is 0 Å². The van der Waals surface area contributed by atoms with Crippen molar-refractivity contribution in [1.29, 1.82) is 0 Å². The van der Waals surface area contributed by atoms with Gasteiger partial charge < -0.3 is 10.0 Å². The fourth-order valence-corrected chi connectivity index (χ4v) is 5.43. The number of rotatable bonds is 7. The lowest BCUT2D eigenvalue weighted by molar-refractivity contribution is -0.384. The van der Waals surface area contributed by atoms with E-state index in [0.717, 1.165) is 22.8 Å². The van der Waals surface area contributed by atoms with Gasteiger partial charge in [0, 0.05) is 38.8 Å². The van der Waals surface area contributed by atoms with Crippen molar-refractivity contribution < 1.29 is 18.4 Å². The molecule has 1 heterocycles. The second-order valence-electron chi connectivity index (χ2n) is 8.76. The Labute approximate surface area is 204 Å². The van der Waals surface area contributed by atoms with Gasteiger partial charge in [0.05, 0.1) is 15.5 Å². The molecule has 0 aromatic heterocycles. The molecule has 3 aromatic rings. The number of hydrogen-bond donors (Lipinski definition) is 2. The highest BCUT2D eigenvalue weighted by molar-refractivity contribution is 7.92. The summed E-state index contributed by atoms with van der Waals surface area (Å²) in [4.78, 5) is 15.3. The molecular weight excluding hydrogens is 468 g/mol. The Morgan fingerprint density at radius 1 is 1.00 bits per heavy atom. The monoisotopic (exact) mass is 496 g/mol. The maximum Gasteiger partial charge on any atom is 0.293 e. The lowest BCUT2D eigenvalue weighted by atomic mass is 10.1. The molecule has 0 amide bonds. The van der Waals surface area contributed by atoms with Gasteiger partial charge in [-0.1, -0.05) is 29.8 Å². The number of phenols is 1. The molecule has 1 aliphatic heterocycles. The van der Waals surface area contributed by atoms with Crippen LogP contribution in [0.4, 0.5) is 17.1 Å². The van der Waals surface area contributed by atoms with Crippen molar-refractivity contribution in [2.45, 2.75) is 25.3 Å². The summed E-state index contributed by atoms with van der Waals surface area (Å²) in [6.07, 6.45) is 0. The second-order valence-corrected chi connectivity index (χ2v) is 10.4. The molecule has 0 atom stereocenters. The molecule has 0 unspecified atom stereocenters. The summed E-state index contributed by atoms with van der Waals surface area (Å²) in [5.41, 5.74) is 3.36. The van der Waals surface area contributed by atoms with Crippen molar-refractivity contribution in [3.05, 3.63) is 87.5 Å². The van der Waals surface area contributed by atoms with Gasteiger partial charge in [-0.2, -0.15) is 0 Å². The van der Waals surface area contributed by atoms with Gasteiger partial charge in [0.15, 0.2) is 0 Å². The van der Waals surface area contributed by atoms with Gasteiger partial charge in [0.1, 0.15) is 11.4 Å². The highest BCUT2D eigenvalue weighted by atomic mass is 32.2. The van der Waals surface area contributed by atoms with E-state index in [4.69, 9.17) is 0 Å². The first-order valence-electron chi connectivity index (χ1n) is 11.3. The molecule has 0 aliphatic carbocycles. The average Bonchev–Trinajstić information content (AvgIpc) is 2.81. The van der Waals surface area contributed by atoms with Crippen molar-refractivity contribution in [1.82, 2.24) is 4.90 Å². The standard InChI is InChI=1S/C25H28N4O5S/c1-18-6-8-23(19(2)14-18)26-35(33,34)22-7-9-24(25(16-22)29(31)32)28-12-10-27(11-13-28)17-20-4-3-5-21(30)15-20/h3-9,14-16,26,30H,10-13,17H2,1-2H3.